The summed E-state index contributed by atoms with van der Waals surface area (Å²) in [7, 11) is 0. The summed E-state index contributed by atoms with van der Waals surface area (Å²) in [5, 5.41) is 10.2. The molecule has 23 heavy (non-hydrogen) atoms. The highest BCUT2D eigenvalue weighted by Gasteiger charge is 2.22. The molecule has 0 aliphatic carbocycles. The van der Waals surface area contributed by atoms with E-state index in [1.165, 1.54) is 0 Å². The van der Waals surface area contributed by atoms with E-state index in [4.69, 9.17) is 16.3 Å². The summed E-state index contributed by atoms with van der Waals surface area (Å²) >= 11 is 5.85. The van der Waals surface area contributed by atoms with Gasteiger partial charge in [-0.3, -0.25) is 4.79 Å². The van der Waals surface area contributed by atoms with Crippen molar-refractivity contribution in [1.29, 1.82) is 0 Å². The van der Waals surface area contributed by atoms with Crippen molar-refractivity contribution < 1.29 is 14.6 Å². The average Bonchev–Trinajstić information content (AvgIpc) is 2.57. The van der Waals surface area contributed by atoms with Crippen LogP contribution in [0.1, 0.15) is 23.2 Å². The van der Waals surface area contributed by atoms with Crippen molar-refractivity contribution in [3.05, 3.63) is 59.1 Å². The molecule has 0 atom stereocenters. The Balaban J connectivity index is 1.71. The third kappa shape index (κ3) is 4.03. The lowest BCUT2D eigenvalue weighted by molar-refractivity contribution is 0.0546. The Morgan fingerprint density at radius 2 is 1.78 bits per heavy atom. The first kappa shape index (κ1) is 15.8. The van der Waals surface area contributed by atoms with Gasteiger partial charge in [-0.15, -0.1) is 0 Å². The van der Waals surface area contributed by atoms with Crippen LogP contribution in [-0.2, 0) is 0 Å². The zero-order chi connectivity index (χ0) is 16.2. The van der Waals surface area contributed by atoms with E-state index in [0.717, 1.165) is 0 Å². The largest absolute Gasteiger partial charge is 0.457 e. The first-order chi connectivity index (χ1) is 11.1. The van der Waals surface area contributed by atoms with Crippen LogP contribution >= 0.6 is 11.6 Å². The van der Waals surface area contributed by atoms with Gasteiger partial charge >= 0.3 is 0 Å². The average molecular weight is 332 g/mol. The van der Waals surface area contributed by atoms with E-state index < -0.39 is 0 Å². The van der Waals surface area contributed by atoms with Crippen LogP contribution in [0.2, 0.25) is 5.02 Å². The highest BCUT2D eigenvalue weighted by molar-refractivity contribution is 6.30. The number of amides is 1. The molecule has 2 aromatic carbocycles. The molecule has 0 radical (unpaired) electrons. The summed E-state index contributed by atoms with van der Waals surface area (Å²) in [5.41, 5.74) is 0.591. The van der Waals surface area contributed by atoms with Crippen molar-refractivity contribution in [2.24, 2.45) is 0 Å². The van der Waals surface area contributed by atoms with Gasteiger partial charge in [-0.05, 0) is 55.3 Å². The zero-order valence-electron chi connectivity index (χ0n) is 12.6. The van der Waals surface area contributed by atoms with Crippen molar-refractivity contribution in [1.82, 2.24) is 4.90 Å². The number of likely N-dealkylation sites (tertiary alicyclic amines) is 1. The zero-order valence-corrected chi connectivity index (χ0v) is 13.4. The van der Waals surface area contributed by atoms with Gasteiger partial charge in [-0.2, -0.15) is 0 Å². The lowest BCUT2D eigenvalue weighted by Crippen LogP contribution is -2.40. The Hall–Kier alpha value is -2.04. The molecule has 1 aliphatic rings. The molecule has 1 aliphatic heterocycles. The number of halogens is 1. The number of hydrogen-bond donors (Lipinski definition) is 1. The molecule has 0 unspecified atom stereocenters. The minimum Gasteiger partial charge on any atom is -0.457 e. The van der Waals surface area contributed by atoms with E-state index in [1.807, 2.05) is 6.07 Å². The van der Waals surface area contributed by atoms with Crippen molar-refractivity contribution in [2.45, 2.75) is 18.9 Å². The van der Waals surface area contributed by atoms with Gasteiger partial charge in [0, 0.05) is 23.7 Å². The lowest BCUT2D eigenvalue weighted by Gasteiger charge is -2.29. The molecule has 0 saturated carbocycles. The monoisotopic (exact) mass is 331 g/mol. The Bertz CT molecular complexity index is 679. The summed E-state index contributed by atoms with van der Waals surface area (Å²) < 4.78 is 5.76. The second kappa shape index (κ2) is 7.02. The molecule has 0 bridgehead atoms. The minimum atomic E-state index is -0.293. The molecule has 3 rings (SSSR count). The molecule has 1 N–H and O–H groups in total. The first-order valence-corrected chi connectivity index (χ1v) is 8.00. The van der Waals surface area contributed by atoms with Gasteiger partial charge in [-0.1, -0.05) is 17.7 Å². The molecule has 1 fully saturated rings. The van der Waals surface area contributed by atoms with Crippen molar-refractivity contribution >= 4 is 17.5 Å². The Morgan fingerprint density at radius 1 is 1.09 bits per heavy atom. The van der Waals surface area contributed by atoms with Gasteiger partial charge < -0.3 is 14.7 Å². The Kier molecular flexibility index (Phi) is 4.84. The van der Waals surface area contributed by atoms with E-state index in [0.29, 0.717) is 48.0 Å². The maximum atomic E-state index is 12.5. The van der Waals surface area contributed by atoms with E-state index in [9.17, 15) is 9.90 Å². The number of rotatable bonds is 3. The normalized spacial score (nSPS) is 15.5. The second-order valence-corrected chi connectivity index (χ2v) is 6.04. The van der Waals surface area contributed by atoms with Gasteiger partial charge in [0.25, 0.3) is 5.91 Å². The second-order valence-electron chi connectivity index (χ2n) is 5.61. The van der Waals surface area contributed by atoms with Gasteiger partial charge in [0.05, 0.1) is 6.10 Å². The summed E-state index contributed by atoms with van der Waals surface area (Å²) in [6.45, 7) is 1.17. The van der Waals surface area contributed by atoms with Crippen LogP contribution in [0.4, 0.5) is 0 Å². The molecule has 5 heteroatoms. The Labute approximate surface area is 140 Å². The first-order valence-electron chi connectivity index (χ1n) is 7.62. The molecule has 4 nitrogen and oxygen atoms in total. The molecular formula is C18H18ClNO3. The van der Waals surface area contributed by atoms with Gasteiger partial charge in [-0.25, -0.2) is 0 Å². The number of benzene rings is 2. The molecule has 2 aromatic rings. The SMILES string of the molecule is O=C(c1cccc(Oc2ccc(Cl)cc2)c1)N1CCC(O)CC1. The van der Waals surface area contributed by atoms with Crippen LogP contribution in [-0.4, -0.2) is 35.1 Å². The lowest BCUT2D eigenvalue weighted by atomic mass is 10.1. The number of piperidine rings is 1. The number of aliphatic hydroxyl groups excluding tert-OH is 1. The van der Waals surface area contributed by atoms with Crippen LogP contribution < -0.4 is 4.74 Å². The molecule has 0 aromatic heterocycles. The summed E-state index contributed by atoms with van der Waals surface area (Å²) in [4.78, 5) is 14.3. The van der Waals surface area contributed by atoms with Crippen molar-refractivity contribution in [3.63, 3.8) is 0 Å². The molecule has 1 heterocycles. The summed E-state index contributed by atoms with van der Waals surface area (Å²) in [6, 6.07) is 14.2. The fourth-order valence-electron chi connectivity index (χ4n) is 2.58. The molecule has 1 amide bonds. The molecular weight excluding hydrogens is 314 g/mol. The van der Waals surface area contributed by atoms with Gasteiger partial charge in [0.1, 0.15) is 11.5 Å². The van der Waals surface area contributed by atoms with Crippen LogP contribution in [0.25, 0.3) is 0 Å². The number of hydrogen-bond acceptors (Lipinski definition) is 3. The molecule has 120 valence electrons. The van der Waals surface area contributed by atoms with E-state index in [1.54, 1.807) is 47.4 Å². The predicted octanol–water partition coefficient (Wildman–Crippen LogP) is 3.73. The number of aliphatic hydroxyl groups is 1. The van der Waals surface area contributed by atoms with Crippen molar-refractivity contribution in [2.75, 3.05) is 13.1 Å². The number of nitrogens with zero attached hydrogens (tertiary/aromatic N) is 1. The fraction of sp³-hybridized carbons (Fsp3) is 0.278. The minimum absolute atomic E-state index is 0.0292. The van der Waals surface area contributed by atoms with Crippen LogP contribution in [0, 0.1) is 0 Å². The molecule has 1 saturated heterocycles. The van der Waals surface area contributed by atoms with Crippen LogP contribution in [0.5, 0.6) is 11.5 Å². The maximum Gasteiger partial charge on any atom is 0.253 e. The fourth-order valence-corrected chi connectivity index (χ4v) is 2.71. The summed E-state index contributed by atoms with van der Waals surface area (Å²) in [6.07, 6.45) is 0.970. The highest BCUT2D eigenvalue weighted by atomic mass is 35.5. The Morgan fingerprint density at radius 3 is 2.48 bits per heavy atom. The van der Waals surface area contributed by atoms with Crippen LogP contribution in [0.3, 0.4) is 0 Å². The summed E-state index contributed by atoms with van der Waals surface area (Å²) in [5.74, 6) is 1.24. The maximum absolute atomic E-state index is 12.5. The number of carbonyl (C=O) groups excluding carboxylic acids is 1. The molecule has 0 spiro atoms. The predicted molar refractivity (Wildman–Crippen MR) is 89.1 cm³/mol. The van der Waals surface area contributed by atoms with E-state index in [-0.39, 0.29) is 12.0 Å². The number of carbonyl (C=O) groups is 1. The third-order valence-electron chi connectivity index (χ3n) is 3.88. The van der Waals surface area contributed by atoms with Gasteiger partial charge in [0.2, 0.25) is 0 Å². The van der Waals surface area contributed by atoms with Crippen LogP contribution in [0.15, 0.2) is 48.5 Å². The third-order valence-corrected chi connectivity index (χ3v) is 4.13. The van der Waals surface area contributed by atoms with E-state index in [2.05, 4.69) is 0 Å². The standard InChI is InChI=1S/C18H18ClNO3/c19-14-4-6-16(7-5-14)23-17-3-1-2-13(12-17)18(22)20-10-8-15(21)9-11-20/h1-7,12,15,21H,8-11H2. The highest BCUT2D eigenvalue weighted by Crippen LogP contribution is 2.24. The van der Waals surface area contributed by atoms with Crippen molar-refractivity contribution in [3.8, 4) is 11.5 Å². The topological polar surface area (TPSA) is 49.8 Å². The number of ether oxygens (including phenoxy) is 1. The van der Waals surface area contributed by atoms with Gasteiger partial charge in [0.15, 0.2) is 0 Å². The van der Waals surface area contributed by atoms with E-state index >= 15 is 0 Å². The smallest absolute Gasteiger partial charge is 0.253 e. The quantitative estimate of drug-likeness (QED) is 0.932.